The summed E-state index contributed by atoms with van der Waals surface area (Å²) in [5.74, 6) is -6.63. The van der Waals surface area contributed by atoms with Crippen LogP contribution in [-0.4, -0.2) is 109 Å². The summed E-state index contributed by atoms with van der Waals surface area (Å²) in [7, 11) is 0. The van der Waals surface area contributed by atoms with Crippen LogP contribution in [0.15, 0.2) is 57.9 Å². The zero-order valence-electron chi connectivity index (χ0n) is 32.6. The van der Waals surface area contributed by atoms with Gasteiger partial charge in [0.2, 0.25) is 5.43 Å². The molecule has 6 atom stereocenters. The number of aliphatic hydroxyl groups is 2. The zero-order chi connectivity index (χ0) is 43.5. The van der Waals surface area contributed by atoms with Gasteiger partial charge in [-0.1, -0.05) is 47.5 Å². The van der Waals surface area contributed by atoms with E-state index in [9.17, 15) is 43.7 Å². The molecule has 62 heavy (non-hydrogen) atoms. The van der Waals surface area contributed by atoms with Gasteiger partial charge in [0.05, 0.1) is 40.9 Å². The Morgan fingerprint density at radius 3 is 2.39 bits per heavy atom. The number of benzene rings is 2. The number of aromatic nitrogens is 1. The molecule has 4 amide bonds. The molecule has 2 aromatic carbocycles. The topological polar surface area (TPSA) is 203 Å². The van der Waals surface area contributed by atoms with E-state index in [1.807, 2.05) is 0 Å². The van der Waals surface area contributed by atoms with Gasteiger partial charge in [0.25, 0.3) is 23.6 Å². The lowest BCUT2D eigenvalue weighted by Gasteiger charge is -2.51. The Morgan fingerprint density at radius 2 is 1.60 bits per heavy atom. The van der Waals surface area contributed by atoms with E-state index in [0.29, 0.717) is 43.7 Å². The number of halogens is 4. The van der Waals surface area contributed by atoms with Crippen LogP contribution in [0, 0.1) is 11.6 Å². The highest BCUT2D eigenvalue weighted by Gasteiger charge is 2.56. The molecule has 0 aliphatic carbocycles. The fourth-order valence-corrected chi connectivity index (χ4v) is 10.7. The Labute approximate surface area is 360 Å². The molecule has 16 nitrogen and oxygen atoms in total. The molecule has 4 fully saturated rings. The van der Waals surface area contributed by atoms with Crippen LogP contribution in [-0.2, 0) is 38.6 Å². The van der Waals surface area contributed by atoms with E-state index < -0.39 is 88.8 Å². The molecule has 1 aromatic heterocycles. The number of ether oxygens (including phenoxy) is 2. The average Bonchev–Trinajstić information content (AvgIpc) is 3.90. The van der Waals surface area contributed by atoms with Crippen LogP contribution in [0.25, 0.3) is 0 Å². The summed E-state index contributed by atoms with van der Waals surface area (Å²) in [6.45, 7) is 0.231. The van der Waals surface area contributed by atoms with Crippen LogP contribution in [0.4, 0.5) is 8.78 Å². The van der Waals surface area contributed by atoms with Crippen molar-refractivity contribution in [2.24, 2.45) is 0 Å². The number of amides is 4. The number of fused-ring (bicyclic) bond motifs is 4. The predicted molar refractivity (Wildman–Crippen MR) is 213 cm³/mol. The van der Waals surface area contributed by atoms with Gasteiger partial charge >= 0.3 is 0 Å². The Bertz CT molecular complexity index is 2660. The van der Waals surface area contributed by atoms with Gasteiger partial charge in [-0.2, -0.15) is 0 Å². The van der Waals surface area contributed by atoms with Crippen molar-refractivity contribution in [2.75, 3.05) is 26.3 Å². The number of aliphatic hydroxyl groups excluding tert-OH is 2. The molecule has 0 bridgehead atoms. The minimum absolute atomic E-state index is 0.00472. The second-order valence-electron chi connectivity index (χ2n) is 16.3. The molecule has 10 rings (SSSR count). The first-order valence-corrected chi connectivity index (χ1v) is 21.0. The predicted octanol–water partition coefficient (Wildman–Crippen LogP) is 3.22. The maximum Gasteiger partial charge on any atom is 0.276 e. The van der Waals surface area contributed by atoms with E-state index in [-0.39, 0.29) is 88.5 Å². The summed E-state index contributed by atoms with van der Waals surface area (Å²) >= 11 is 12.5. The molecule has 7 aliphatic rings. The van der Waals surface area contributed by atoms with Crippen molar-refractivity contribution >= 4 is 46.8 Å². The van der Waals surface area contributed by atoms with Crippen molar-refractivity contribution in [3.63, 3.8) is 0 Å². The van der Waals surface area contributed by atoms with Crippen LogP contribution in [0.2, 0.25) is 10.0 Å². The summed E-state index contributed by atoms with van der Waals surface area (Å²) in [4.78, 5) is 72.4. The molecule has 3 aromatic rings. The number of allylic oxidation sites excluding steroid dienone is 1. The quantitative estimate of drug-likeness (QED) is 0.233. The summed E-state index contributed by atoms with van der Waals surface area (Å²) in [5, 5.41) is 38.2. The second kappa shape index (κ2) is 15.1. The maximum absolute atomic E-state index is 16.0. The summed E-state index contributed by atoms with van der Waals surface area (Å²) in [6, 6.07) is 6.36. The van der Waals surface area contributed by atoms with Gasteiger partial charge in [-0.15, -0.1) is 0 Å². The summed E-state index contributed by atoms with van der Waals surface area (Å²) in [6.07, 6.45) is -1.28. The maximum atomic E-state index is 16.0. The molecule has 4 saturated heterocycles. The van der Waals surface area contributed by atoms with Crippen LogP contribution in [0.5, 0.6) is 5.75 Å². The Hall–Kier alpha value is -5.53. The number of nitrogens with one attached hydrogen (secondary N) is 2. The minimum Gasteiger partial charge on any atom is -0.507 e. The molecule has 7 aliphatic heterocycles. The van der Waals surface area contributed by atoms with Crippen LogP contribution in [0.3, 0.4) is 0 Å². The van der Waals surface area contributed by atoms with Crippen LogP contribution < -0.4 is 16.1 Å². The van der Waals surface area contributed by atoms with Crippen molar-refractivity contribution < 1.29 is 52.8 Å². The van der Waals surface area contributed by atoms with Gasteiger partial charge in [0.15, 0.2) is 29.7 Å². The number of pyridine rings is 1. The van der Waals surface area contributed by atoms with Gasteiger partial charge in [-0.3, -0.25) is 24.0 Å². The fraction of sp³-hybridized carbons (Fsp3) is 0.405. The fourth-order valence-electron chi connectivity index (χ4n) is 10.2. The number of nitrogens with zero attached hydrogens (tertiary/aromatic N) is 4. The number of rotatable bonds is 7. The highest BCUT2D eigenvalue weighted by atomic mass is 35.5. The lowest BCUT2D eigenvalue weighted by Crippen LogP contribution is -2.64. The number of hydrogen-bond acceptors (Lipinski definition) is 11. The average molecular weight is 896 g/mol. The monoisotopic (exact) mass is 894 g/mol. The van der Waals surface area contributed by atoms with Gasteiger partial charge in [0.1, 0.15) is 29.0 Å². The lowest BCUT2D eigenvalue weighted by molar-refractivity contribution is -0.175. The summed E-state index contributed by atoms with van der Waals surface area (Å²) < 4.78 is 44.2. The van der Waals surface area contributed by atoms with Crippen molar-refractivity contribution in [2.45, 2.75) is 81.8 Å². The van der Waals surface area contributed by atoms with Gasteiger partial charge < -0.3 is 54.7 Å². The molecule has 324 valence electrons. The van der Waals surface area contributed by atoms with Crippen molar-refractivity contribution in [3.05, 3.63) is 119 Å². The smallest absolute Gasteiger partial charge is 0.276 e. The standard InChI is InChI=1S/C42H38Cl2F2N6O10/c43-21-4-1-3-17(29(21)45)13-47-37(57)27-23-8-10-25-42-50(40(60)32(52(23)25)36(56)34(27)54)15-19(16-62-42)20-6-5-18(30(46)28(20)44)14-48-38(58)26-22-7-9-24-41-49(11-2-12-61-41)39(59)31(51(22)24)35(55)33(26)53/h1,3-6,19,24-25,34,41-42,54-56H,2,7-16H2,(H,47,57)(H,48,58)/t19?,24?,25-,34?,41?,42+/m0/s1. The van der Waals surface area contributed by atoms with E-state index in [1.54, 1.807) is 6.07 Å². The van der Waals surface area contributed by atoms with Crippen molar-refractivity contribution in [3.8, 4) is 5.75 Å². The molecule has 0 saturated carbocycles. The molecule has 0 radical (unpaired) electrons. The first kappa shape index (κ1) is 40.5. The van der Waals surface area contributed by atoms with Crippen molar-refractivity contribution in [1.82, 2.24) is 29.9 Å². The van der Waals surface area contributed by atoms with E-state index >= 15 is 4.39 Å². The number of piperazine rings is 1. The first-order valence-electron chi connectivity index (χ1n) is 20.2. The normalized spacial score (nSPS) is 26.0. The molecule has 5 N–H and O–H groups in total. The molecular formula is C42H38Cl2F2N6O10. The number of hydrogen-bond donors (Lipinski definition) is 5. The lowest BCUT2D eigenvalue weighted by atomic mass is 9.92. The van der Waals surface area contributed by atoms with E-state index in [0.717, 1.165) is 0 Å². The largest absolute Gasteiger partial charge is 0.507 e. The summed E-state index contributed by atoms with van der Waals surface area (Å²) in [5.41, 5.74) is -0.881. The van der Waals surface area contributed by atoms with Crippen LogP contribution in [0.1, 0.15) is 80.9 Å². The first-order chi connectivity index (χ1) is 29.8. The highest BCUT2D eigenvalue weighted by molar-refractivity contribution is 6.31. The highest BCUT2D eigenvalue weighted by Crippen LogP contribution is 2.48. The number of carbonyl (C=O) groups excluding carboxylic acids is 4. The van der Waals surface area contributed by atoms with Crippen LogP contribution >= 0.6 is 23.2 Å². The van der Waals surface area contributed by atoms with E-state index in [4.69, 9.17) is 32.7 Å². The number of carbonyl (C=O) groups is 4. The van der Waals surface area contributed by atoms with E-state index in [1.165, 1.54) is 43.5 Å². The Kier molecular flexibility index (Phi) is 9.86. The number of aromatic hydroxyl groups is 1. The van der Waals surface area contributed by atoms with E-state index in [2.05, 4.69) is 10.6 Å². The molecule has 20 heteroatoms. The van der Waals surface area contributed by atoms with Gasteiger partial charge in [0, 0.05) is 54.6 Å². The third kappa shape index (κ3) is 5.97. The molecular weight excluding hydrogens is 857 g/mol. The Balaban J connectivity index is 0.847. The third-order valence-corrected chi connectivity index (χ3v) is 13.7. The third-order valence-electron chi connectivity index (χ3n) is 13.1. The molecule has 4 unspecified atom stereocenters. The minimum atomic E-state index is -1.85. The Morgan fingerprint density at radius 1 is 0.871 bits per heavy atom. The van der Waals surface area contributed by atoms with Gasteiger partial charge in [-0.25, -0.2) is 8.78 Å². The zero-order valence-corrected chi connectivity index (χ0v) is 34.1. The SMILES string of the molecule is O=C(NCc1cccc(Cl)c1F)C1=C2CC[C@H]3[C@H]4OCC(c5ccc(CNC(=O)c6c7n8c(c(O)c6=O)C(=O)N6CCCOC6C8CC7)c(F)c5Cl)CN4C(=O)C(=C(O)C1O)N23. The molecule has 8 heterocycles. The van der Waals surface area contributed by atoms with Crippen molar-refractivity contribution in [1.29, 1.82) is 0 Å². The second-order valence-corrected chi connectivity index (χ2v) is 17.1. The molecule has 0 spiro atoms. The van der Waals surface area contributed by atoms with Gasteiger partial charge in [-0.05, 0) is 43.7 Å².